The third-order valence-electron chi connectivity index (χ3n) is 1.51. The van der Waals surface area contributed by atoms with E-state index in [2.05, 4.69) is 31.3 Å². The second-order valence-electron chi connectivity index (χ2n) is 4.21. The van der Waals surface area contributed by atoms with E-state index in [9.17, 15) is 4.79 Å². The molecule has 0 fully saturated rings. The van der Waals surface area contributed by atoms with Crippen molar-refractivity contribution >= 4 is 6.03 Å². The molecule has 84 valence electrons. The predicted molar refractivity (Wildman–Crippen MR) is 54.2 cm³/mol. The molecule has 0 aliphatic carbocycles. The number of carbonyl (C=O) groups is 1. The maximum absolute atomic E-state index is 11.3. The highest BCUT2D eigenvalue weighted by molar-refractivity contribution is 5.74. The molecule has 0 unspecified atom stereocenters. The van der Waals surface area contributed by atoms with Crippen LogP contribution in [-0.4, -0.2) is 38.7 Å². The van der Waals surface area contributed by atoms with Gasteiger partial charge in [-0.1, -0.05) is 5.21 Å². The molecule has 1 heterocycles. The molecule has 1 rings (SSSR count). The van der Waals surface area contributed by atoms with Crippen LogP contribution in [0.5, 0.6) is 0 Å². The van der Waals surface area contributed by atoms with E-state index in [0.717, 1.165) is 0 Å². The SMILES string of the molecule is CC(C)(C)NC(=O)NCCc1nn[nH]n1. The molecule has 7 nitrogen and oxygen atoms in total. The fraction of sp³-hybridized carbons (Fsp3) is 0.750. The van der Waals surface area contributed by atoms with Crippen molar-refractivity contribution < 1.29 is 4.79 Å². The van der Waals surface area contributed by atoms with Gasteiger partial charge in [-0.15, -0.1) is 10.2 Å². The summed E-state index contributed by atoms with van der Waals surface area (Å²) < 4.78 is 0. The standard InChI is InChI=1S/C8H16N6O/c1-8(2,3)10-7(15)9-5-4-6-11-13-14-12-6/h4-5H2,1-3H3,(H2,9,10,15)(H,11,12,13,14). The summed E-state index contributed by atoms with van der Waals surface area (Å²) in [5, 5.41) is 18.8. The second kappa shape index (κ2) is 4.72. The van der Waals surface area contributed by atoms with Crippen LogP contribution in [0, 0.1) is 0 Å². The average Bonchev–Trinajstić information content (AvgIpc) is 2.53. The smallest absolute Gasteiger partial charge is 0.315 e. The first-order valence-electron chi connectivity index (χ1n) is 4.76. The van der Waals surface area contributed by atoms with Gasteiger partial charge in [0.2, 0.25) is 0 Å². The summed E-state index contributed by atoms with van der Waals surface area (Å²) in [4.78, 5) is 11.3. The maximum Gasteiger partial charge on any atom is 0.315 e. The molecule has 0 saturated heterocycles. The van der Waals surface area contributed by atoms with Crippen molar-refractivity contribution in [1.29, 1.82) is 0 Å². The van der Waals surface area contributed by atoms with Crippen LogP contribution in [0.15, 0.2) is 0 Å². The van der Waals surface area contributed by atoms with Crippen molar-refractivity contribution in [3.63, 3.8) is 0 Å². The highest BCUT2D eigenvalue weighted by atomic mass is 16.2. The fourth-order valence-electron chi connectivity index (χ4n) is 0.961. The van der Waals surface area contributed by atoms with Gasteiger partial charge in [-0.25, -0.2) is 4.79 Å². The first-order chi connectivity index (χ1) is 6.97. The molecule has 0 aliphatic rings. The summed E-state index contributed by atoms with van der Waals surface area (Å²) in [7, 11) is 0. The predicted octanol–water partition coefficient (Wildman–Crippen LogP) is -0.160. The Hall–Kier alpha value is -1.66. The maximum atomic E-state index is 11.3. The van der Waals surface area contributed by atoms with Gasteiger partial charge < -0.3 is 10.6 Å². The van der Waals surface area contributed by atoms with Crippen LogP contribution in [0.25, 0.3) is 0 Å². The monoisotopic (exact) mass is 212 g/mol. The van der Waals surface area contributed by atoms with E-state index >= 15 is 0 Å². The van der Waals surface area contributed by atoms with E-state index in [1.807, 2.05) is 20.8 Å². The van der Waals surface area contributed by atoms with Gasteiger partial charge in [-0.3, -0.25) is 0 Å². The Kier molecular flexibility index (Phi) is 3.59. The summed E-state index contributed by atoms with van der Waals surface area (Å²) in [6, 6.07) is -0.189. The van der Waals surface area contributed by atoms with Crippen molar-refractivity contribution in [2.24, 2.45) is 0 Å². The number of nitrogens with zero attached hydrogens (tertiary/aromatic N) is 3. The van der Waals surface area contributed by atoms with Gasteiger partial charge in [0.25, 0.3) is 0 Å². The van der Waals surface area contributed by atoms with Crippen LogP contribution in [0.2, 0.25) is 0 Å². The van der Waals surface area contributed by atoms with Crippen LogP contribution in [0.4, 0.5) is 4.79 Å². The van der Waals surface area contributed by atoms with Crippen LogP contribution in [0.1, 0.15) is 26.6 Å². The minimum atomic E-state index is -0.226. The van der Waals surface area contributed by atoms with Crippen molar-refractivity contribution in [2.75, 3.05) is 6.54 Å². The van der Waals surface area contributed by atoms with Crippen molar-refractivity contribution in [3.8, 4) is 0 Å². The minimum Gasteiger partial charge on any atom is -0.338 e. The summed E-state index contributed by atoms with van der Waals surface area (Å²) in [6.45, 7) is 6.25. The Morgan fingerprint density at radius 1 is 1.47 bits per heavy atom. The number of carbonyl (C=O) groups excluding carboxylic acids is 1. The number of urea groups is 1. The first-order valence-corrected chi connectivity index (χ1v) is 4.76. The van der Waals surface area contributed by atoms with Gasteiger partial charge in [0.1, 0.15) is 0 Å². The van der Waals surface area contributed by atoms with Gasteiger partial charge in [0, 0.05) is 18.5 Å². The quantitative estimate of drug-likeness (QED) is 0.648. The Morgan fingerprint density at radius 2 is 2.20 bits per heavy atom. The molecule has 1 aromatic heterocycles. The van der Waals surface area contributed by atoms with Gasteiger partial charge in [0.15, 0.2) is 5.82 Å². The minimum absolute atomic E-state index is 0.189. The zero-order valence-electron chi connectivity index (χ0n) is 9.16. The molecule has 0 saturated carbocycles. The molecular formula is C8H16N6O. The molecule has 0 aliphatic heterocycles. The lowest BCUT2D eigenvalue weighted by Crippen LogP contribution is -2.46. The Labute approximate surface area is 88.0 Å². The molecular weight excluding hydrogens is 196 g/mol. The average molecular weight is 212 g/mol. The number of aromatic nitrogens is 4. The second-order valence-corrected chi connectivity index (χ2v) is 4.21. The zero-order chi connectivity index (χ0) is 11.3. The lowest BCUT2D eigenvalue weighted by Gasteiger charge is -2.20. The third kappa shape index (κ3) is 4.94. The first kappa shape index (κ1) is 11.4. The normalized spacial score (nSPS) is 11.1. The fourth-order valence-corrected chi connectivity index (χ4v) is 0.961. The molecule has 0 aromatic carbocycles. The van der Waals surface area contributed by atoms with Crippen molar-refractivity contribution in [2.45, 2.75) is 32.7 Å². The number of aromatic amines is 1. The van der Waals surface area contributed by atoms with Crippen LogP contribution in [-0.2, 0) is 6.42 Å². The summed E-state index contributed by atoms with van der Waals surface area (Å²) >= 11 is 0. The lowest BCUT2D eigenvalue weighted by molar-refractivity contribution is 0.232. The molecule has 0 atom stereocenters. The van der Waals surface area contributed by atoms with Gasteiger partial charge in [-0.05, 0) is 20.8 Å². The van der Waals surface area contributed by atoms with E-state index in [0.29, 0.717) is 18.8 Å². The summed E-state index contributed by atoms with van der Waals surface area (Å²) in [5.41, 5.74) is -0.226. The van der Waals surface area contributed by atoms with E-state index in [1.165, 1.54) is 0 Å². The summed E-state index contributed by atoms with van der Waals surface area (Å²) in [5.74, 6) is 0.589. The third-order valence-corrected chi connectivity index (χ3v) is 1.51. The zero-order valence-corrected chi connectivity index (χ0v) is 9.16. The van der Waals surface area contributed by atoms with E-state index < -0.39 is 0 Å². The van der Waals surface area contributed by atoms with Gasteiger partial charge in [-0.2, -0.15) is 5.21 Å². The molecule has 1 aromatic rings. The molecule has 15 heavy (non-hydrogen) atoms. The number of tetrazole rings is 1. The molecule has 2 amide bonds. The number of hydrogen-bond acceptors (Lipinski definition) is 4. The molecule has 7 heteroatoms. The van der Waals surface area contributed by atoms with Gasteiger partial charge in [0.05, 0.1) is 0 Å². The molecule has 0 bridgehead atoms. The number of rotatable bonds is 3. The number of hydrogen-bond donors (Lipinski definition) is 3. The van der Waals surface area contributed by atoms with Crippen LogP contribution in [0.3, 0.4) is 0 Å². The largest absolute Gasteiger partial charge is 0.338 e. The highest BCUT2D eigenvalue weighted by Gasteiger charge is 2.12. The van der Waals surface area contributed by atoms with Crippen molar-refractivity contribution in [1.82, 2.24) is 31.3 Å². The van der Waals surface area contributed by atoms with Gasteiger partial charge >= 0.3 is 6.03 Å². The highest BCUT2D eigenvalue weighted by Crippen LogP contribution is 1.97. The van der Waals surface area contributed by atoms with Crippen LogP contribution < -0.4 is 10.6 Å². The number of H-pyrrole nitrogens is 1. The Bertz CT molecular complexity index is 301. The number of amides is 2. The molecule has 3 N–H and O–H groups in total. The molecule has 0 spiro atoms. The van der Waals surface area contributed by atoms with E-state index in [4.69, 9.17) is 0 Å². The van der Waals surface area contributed by atoms with Crippen LogP contribution >= 0.6 is 0 Å². The van der Waals surface area contributed by atoms with Crippen molar-refractivity contribution in [3.05, 3.63) is 5.82 Å². The lowest BCUT2D eigenvalue weighted by atomic mass is 10.1. The summed E-state index contributed by atoms with van der Waals surface area (Å²) in [6.07, 6.45) is 0.564. The topological polar surface area (TPSA) is 95.6 Å². The van der Waals surface area contributed by atoms with E-state index in [-0.39, 0.29) is 11.6 Å². The molecule has 0 radical (unpaired) electrons. The Morgan fingerprint density at radius 3 is 2.73 bits per heavy atom. The Balaban J connectivity index is 2.18. The number of nitrogens with one attached hydrogen (secondary N) is 3. The van der Waals surface area contributed by atoms with E-state index in [1.54, 1.807) is 0 Å².